The Labute approximate surface area is 227 Å². The summed E-state index contributed by atoms with van der Waals surface area (Å²) in [5.41, 5.74) is 2.35. The molecule has 9 heteroatoms. The average Bonchev–Trinajstić information content (AvgIpc) is 3.57. The van der Waals surface area contributed by atoms with Crippen LogP contribution in [0.1, 0.15) is 69.0 Å². The zero-order chi connectivity index (χ0) is 27.1. The van der Waals surface area contributed by atoms with Crippen LogP contribution < -0.4 is 18.9 Å². The number of benzene rings is 2. The summed E-state index contributed by atoms with van der Waals surface area (Å²) in [6.07, 6.45) is 4.36. The van der Waals surface area contributed by atoms with Crippen molar-refractivity contribution < 1.29 is 27.4 Å². The van der Waals surface area contributed by atoms with Crippen LogP contribution in [0.25, 0.3) is 0 Å². The number of rotatable bonds is 14. The Balaban J connectivity index is 1.57. The molecule has 210 valence electrons. The zero-order valence-electron chi connectivity index (χ0n) is 23.1. The fourth-order valence-corrected chi connectivity index (χ4v) is 7.16. The lowest BCUT2D eigenvalue weighted by Crippen LogP contribution is -2.40. The molecule has 4 rings (SSSR count). The zero-order valence-corrected chi connectivity index (χ0v) is 24.0. The van der Waals surface area contributed by atoms with E-state index in [1.807, 2.05) is 25.1 Å². The Hall–Kier alpha value is -2.49. The van der Waals surface area contributed by atoms with Crippen LogP contribution in [-0.2, 0) is 10.0 Å². The van der Waals surface area contributed by atoms with E-state index in [4.69, 9.17) is 18.9 Å². The highest BCUT2D eigenvalue weighted by Gasteiger charge is 2.35. The Morgan fingerprint density at radius 2 is 1.68 bits per heavy atom. The monoisotopic (exact) mass is 546 g/mol. The Kier molecular flexibility index (Phi) is 9.79. The molecule has 0 aromatic heterocycles. The van der Waals surface area contributed by atoms with E-state index >= 15 is 0 Å². The molecular weight excluding hydrogens is 504 g/mol. The Morgan fingerprint density at radius 1 is 0.921 bits per heavy atom. The number of unbranched alkanes of at least 4 members (excludes halogenated alkanes) is 2. The summed E-state index contributed by atoms with van der Waals surface area (Å²) in [7, 11) is 0.00248. The first kappa shape index (κ1) is 28.5. The standard InChI is InChI=1S/C29H42N2O6S/c1-5-7-8-16-38(32,33)31(13-6-2)15-14-30-20-24(22-9-12-27-29(18-22)37-21-36-27)17-25(30)23-10-11-26(34-3)28(19-23)35-4/h9-12,18-19,24-25H,5-8,13-17,20-21H2,1-4H3/t24?,25-/m1/s1. The summed E-state index contributed by atoms with van der Waals surface area (Å²) in [6, 6.07) is 12.4. The smallest absolute Gasteiger partial charge is 0.231 e. The third-order valence-corrected chi connectivity index (χ3v) is 9.53. The first-order valence-corrected chi connectivity index (χ1v) is 15.3. The number of fused-ring (bicyclic) bond motifs is 1. The van der Waals surface area contributed by atoms with Gasteiger partial charge >= 0.3 is 0 Å². The fraction of sp³-hybridized carbons (Fsp3) is 0.586. The van der Waals surface area contributed by atoms with E-state index in [0.29, 0.717) is 37.6 Å². The highest BCUT2D eigenvalue weighted by Crippen LogP contribution is 2.44. The molecule has 2 aromatic rings. The molecular formula is C29H42N2O6S. The second kappa shape index (κ2) is 13.0. The van der Waals surface area contributed by atoms with Gasteiger partial charge in [-0.2, -0.15) is 0 Å². The molecule has 0 bridgehead atoms. The van der Waals surface area contributed by atoms with Gasteiger partial charge in [0.05, 0.1) is 20.0 Å². The van der Waals surface area contributed by atoms with Crippen LogP contribution in [0, 0.1) is 0 Å². The number of hydrogen-bond acceptors (Lipinski definition) is 7. The van der Waals surface area contributed by atoms with Crippen molar-refractivity contribution in [2.45, 2.75) is 57.9 Å². The maximum Gasteiger partial charge on any atom is 0.231 e. The van der Waals surface area contributed by atoms with Crippen molar-refractivity contribution >= 4 is 10.0 Å². The summed E-state index contributed by atoms with van der Waals surface area (Å²) in [4.78, 5) is 2.42. The number of methoxy groups -OCH3 is 2. The van der Waals surface area contributed by atoms with E-state index in [0.717, 1.165) is 49.3 Å². The van der Waals surface area contributed by atoms with Gasteiger partial charge in [-0.3, -0.25) is 4.90 Å². The van der Waals surface area contributed by atoms with Gasteiger partial charge in [-0.25, -0.2) is 12.7 Å². The molecule has 8 nitrogen and oxygen atoms in total. The summed E-state index contributed by atoms with van der Waals surface area (Å²) < 4.78 is 50.2. The Bertz CT molecular complexity index is 1170. The summed E-state index contributed by atoms with van der Waals surface area (Å²) in [5.74, 6) is 3.46. The van der Waals surface area contributed by atoms with E-state index in [1.165, 1.54) is 5.56 Å². The highest BCUT2D eigenvalue weighted by atomic mass is 32.2. The maximum absolute atomic E-state index is 13.2. The van der Waals surface area contributed by atoms with E-state index in [1.54, 1.807) is 18.5 Å². The van der Waals surface area contributed by atoms with Gasteiger partial charge in [-0.1, -0.05) is 38.8 Å². The van der Waals surface area contributed by atoms with Crippen molar-refractivity contribution in [1.29, 1.82) is 0 Å². The number of sulfonamides is 1. The molecule has 2 heterocycles. The van der Waals surface area contributed by atoms with Crippen LogP contribution in [0.4, 0.5) is 0 Å². The lowest BCUT2D eigenvalue weighted by atomic mass is 9.93. The summed E-state index contributed by atoms with van der Waals surface area (Å²) in [6.45, 7) is 6.90. The molecule has 2 aliphatic rings. The molecule has 0 aliphatic carbocycles. The van der Waals surface area contributed by atoms with Gasteiger partial charge in [-0.15, -0.1) is 0 Å². The van der Waals surface area contributed by atoms with Crippen LogP contribution in [0.3, 0.4) is 0 Å². The largest absolute Gasteiger partial charge is 0.493 e. The van der Waals surface area contributed by atoms with Crippen molar-refractivity contribution in [3.8, 4) is 23.0 Å². The van der Waals surface area contributed by atoms with Crippen LogP contribution in [0.15, 0.2) is 36.4 Å². The van der Waals surface area contributed by atoms with Gasteiger partial charge in [0.2, 0.25) is 16.8 Å². The van der Waals surface area contributed by atoms with Gasteiger partial charge in [-0.05, 0) is 60.6 Å². The number of ether oxygens (including phenoxy) is 4. The first-order chi connectivity index (χ1) is 18.4. The number of likely N-dealkylation sites (tertiary alicyclic amines) is 1. The molecule has 0 N–H and O–H groups in total. The Morgan fingerprint density at radius 3 is 2.42 bits per heavy atom. The topological polar surface area (TPSA) is 77.5 Å². The highest BCUT2D eigenvalue weighted by molar-refractivity contribution is 7.89. The third-order valence-electron chi connectivity index (χ3n) is 7.57. The second-order valence-corrected chi connectivity index (χ2v) is 12.2. The normalized spacial score (nSPS) is 19.3. The molecule has 2 atom stereocenters. The molecule has 38 heavy (non-hydrogen) atoms. The minimum atomic E-state index is -3.28. The molecule has 2 aromatic carbocycles. The quantitative estimate of drug-likeness (QED) is 0.302. The average molecular weight is 547 g/mol. The molecule has 1 unspecified atom stereocenters. The lowest BCUT2D eigenvalue weighted by molar-refractivity contribution is 0.174. The van der Waals surface area contributed by atoms with Gasteiger partial charge in [0.15, 0.2) is 23.0 Å². The minimum absolute atomic E-state index is 0.122. The molecule has 1 fully saturated rings. The van der Waals surface area contributed by atoms with Gasteiger partial charge < -0.3 is 18.9 Å². The van der Waals surface area contributed by atoms with Gasteiger partial charge in [0.25, 0.3) is 0 Å². The molecule has 0 saturated carbocycles. The third kappa shape index (κ3) is 6.55. The van der Waals surface area contributed by atoms with Crippen LogP contribution in [-0.4, -0.2) is 70.6 Å². The minimum Gasteiger partial charge on any atom is -0.493 e. The molecule has 0 amide bonds. The molecule has 2 aliphatic heterocycles. The predicted molar refractivity (Wildman–Crippen MR) is 149 cm³/mol. The van der Waals surface area contributed by atoms with Crippen molar-refractivity contribution in [2.75, 3.05) is 52.9 Å². The number of hydrogen-bond donors (Lipinski definition) is 0. The van der Waals surface area contributed by atoms with Gasteiger partial charge in [0, 0.05) is 32.2 Å². The maximum atomic E-state index is 13.2. The molecule has 0 spiro atoms. The molecule has 1 saturated heterocycles. The van der Waals surface area contributed by atoms with Crippen molar-refractivity contribution in [2.24, 2.45) is 0 Å². The van der Waals surface area contributed by atoms with Crippen molar-refractivity contribution in [3.05, 3.63) is 47.5 Å². The van der Waals surface area contributed by atoms with E-state index in [2.05, 4.69) is 30.0 Å². The van der Waals surface area contributed by atoms with Crippen molar-refractivity contribution in [3.63, 3.8) is 0 Å². The SMILES string of the molecule is CCCCCS(=O)(=O)N(CCC)CCN1CC(c2ccc3c(c2)OCO3)C[C@@H]1c1ccc(OC)c(OC)c1. The van der Waals surface area contributed by atoms with E-state index in [-0.39, 0.29) is 24.5 Å². The summed E-state index contributed by atoms with van der Waals surface area (Å²) in [5, 5.41) is 0. The summed E-state index contributed by atoms with van der Waals surface area (Å²) >= 11 is 0. The lowest BCUT2D eigenvalue weighted by Gasteiger charge is -2.29. The predicted octanol–water partition coefficient (Wildman–Crippen LogP) is 5.20. The second-order valence-electron chi connectivity index (χ2n) is 10.1. The van der Waals surface area contributed by atoms with Crippen LogP contribution in [0.2, 0.25) is 0 Å². The van der Waals surface area contributed by atoms with Crippen LogP contribution >= 0.6 is 0 Å². The molecule has 0 radical (unpaired) electrons. The van der Waals surface area contributed by atoms with E-state index in [9.17, 15) is 8.42 Å². The first-order valence-electron chi connectivity index (χ1n) is 13.7. The number of nitrogens with zero attached hydrogens (tertiary/aromatic N) is 2. The van der Waals surface area contributed by atoms with E-state index < -0.39 is 10.0 Å². The fourth-order valence-electron chi connectivity index (χ4n) is 5.51. The van der Waals surface area contributed by atoms with Crippen molar-refractivity contribution in [1.82, 2.24) is 9.21 Å². The van der Waals surface area contributed by atoms with Crippen LogP contribution in [0.5, 0.6) is 23.0 Å². The van der Waals surface area contributed by atoms with Gasteiger partial charge in [0.1, 0.15) is 0 Å².